The van der Waals surface area contributed by atoms with Gasteiger partial charge in [0, 0.05) is 30.6 Å². The second-order valence-electron chi connectivity index (χ2n) is 5.89. The maximum absolute atomic E-state index is 13.1. The van der Waals surface area contributed by atoms with Crippen LogP contribution in [-0.4, -0.2) is 34.5 Å². The second kappa shape index (κ2) is 8.72. The number of nitrogens with zero attached hydrogens (tertiary/aromatic N) is 4. The highest BCUT2D eigenvalue weighted by Crippen LogP contribution is 2.22. The number of hydrogen-bond donors (Lipinski definition) is 0. The Labute approximate surface area is 161 Å². The Morgan fingerprint density at radius 1 is 1.11 bits per heavy atom. The van der Waals surface area contributed by atoms with Crippen LogP contribution in [0.3, 0.4) is 0 Å². The van der Waals surface area contributed by atoms with Crippen LogP contribution in [-0.2, 0) is 6.42 Å². The van der Waals surface area contributed by atoms with Crippen LogP contribution in [0.25, 0.3) is 0 Å². The van der Waals surface area contributed by atoms with Gasteiger partial charge in [-0.2, -0.15) is 4.98 Å². The van der Waals surface area contributed by atoms with Crippen LogP contribution in [0.5, 0.6) is 6.01 Å². The Bertz CT molecular complexity index is 961. The number of anilines is 1. The fourth-order valence-corrected chi connectivity index (χ4v) is 2.68. The standard InChI is InChI=1S/C20H18N4O4/c1-28-20-21-13-11-18(22-20)19(25)23(14-12-15-5-3-2-4-6-15)16-7-9-17(10-8-16)24(26)27/h2-11,13H,12,14H2,1H3. The van der Waals surface area contributed by atoms with Crippen LogP contribution in [0.1, 0.15) is 16.1 Å². The molecule has 3 rings (SSSR count). The largest absolute Gasteiger partial charge is 0.467 e. The minimum Gasteiger partial charge on any atom is -0.467 e. The summed E-state index contributed by atoms with van der Waals surface area (Å²) in [6.45, 7) is 0.382. The molecule has 1 aromatic heterocycles. The van der Waals surface area contributed by atoms with Gasteiger partial charge in [-0.15, -0.1) is 0 Å². The SMILES string of the molecule is COc1nccc(C(=O)N(CCc2ccccc2)c2ccc([N+](=O)[O-])cc2)n1. The smallest absolute Gasteiger partial charge is 0.316 e. The number of methoxy groups -OCH3 is 1. The number of non-ortho nitro benzene ring substituents is 1. The van der Waals surface area contributed by atoms with Gasteiger partial charge in [-0.05, 0) is 30.2 Å². The van der Waals surface area contributed by atoms with E-state index in [4.69, 9.17) is 4.74 Å². The number of carbonyl (C=O) groups excluding carboxylic acids is 1. The van der Waals surface area contributed by atoms with Gasteiger partial charge in [0.05, 0.1) is 12.0 Å². The first-order valence-electron chi connectivity index (χ1n) is 8.56. The molecule has 0 aliphatic carbocycles. The Kier molecular flexibility index (Phi) is 5.91. The number of nitro benzene ring substituents is 1. The van der Waals surface area contributed by atoms with E-state index in [9.17, 15) is 14.9 Å². The highest BCUT2D eigenvalue weighted by Gasteiger charge is 2.20. The summed E-state index contributed by atoms with van der Waals surface area (Å²) in [7, 11) is 1.42. The van der Waals surface area contributed by atoms with Crippen molar-refractivity contribution in [1.82, 2.24) is 9.97 Å². The first-order valence-corrected chi connectivity index (χ1v) is 8.56. The van der Waals surface area contributed by atoms with Crippen LogP contribution < -0.4 is 9.64 Å². The van der Waals surface area contributed by atoms with E-state index in [0.29, 0.717) is 18.7 Å². The summed E-state index contributed by atoms with van der Waals surface area (Å²) in [5.41, 5.74) is 1.76. The zero-order valence-corrected chi connectivity index (χ0v) is 15.2. The van der Waals surface area contributed by atoms with E-state index in [1.807, 2.05) is 30.3 Å². The predicted octanol–water partition coefficient (Wildman–Crippen LogP) is 3.28. The Balaban J connectivity index is 1.90. The molecule has 142 valence electrons. The fraction of sp³-hybridized carbons (Fsp3) is 0.150. The number of nitro groups is 1. The van der Waals surface area contributed by atoms with E-state index in [1.165, 1.54) is 31.5 Å². The minimum absolute atomic E-state index is 0.0390. The summed E-state index contributed by atoms with van der Waals surface area (Å²) in [5.74, 6) is -0.342. The van der Waals surface area contributed by atoms with E-state index in [1.54, 1.807) is 17.0 Å². The molecule has 2 aromatic carbocycles. The number of amides is 1. The lowest BCUT2D eigenvalue weighted by Gasteiger charge is -2.22. The summed E-state index contributed by atoms with van der Waals surface area (Å²) in [6.07, 6.45) is 2.07. The van der Waals surface area contributed by atoms with Crippen LogP contribution >= 0.6 is 0 Å². The molecule has 0 unspecified atom stereocenters. The molecule has 0 fully saturated rings. The number of carbonyl (C=O) groups is 1. The molecule has 1 amide bonds. The van der Waals surface area contributed by atoms with E-state index in [0.717, 1.165) is 5.56 Å². The number of rotatable bonds is 7. The van der Waals surface area contributed by atoms with Gasteiger partial charge in [0.1, 0.15) is 5.69 Å². The normalized spacial score (nSPS) is 10.3. The molecule has 0 aliphatic heterocycles. The molecule has 0 radical (unpaired) electrons. The third kappa shape index (κ3) is 4.47. The lowest BCUT2D eigenvalue weighted by Crippen LogP contribution is -2.33. The molecule has 0 aliphatic rings. The summed E-state index contributed by atoms with van der Waals surface area (Å²) < 4.78 is 4.99. The zero-order chi connectivity index (χ0) is 19.9. The summed E-state index contributed by atoms with van der Waals surface area (Å²) in [6, 6.07) is 17.2. The first-order chi connectivity index (χ1) is 13.6. The molecule has 0 N–H and O–H groups in total. The summed E-state index contributed by atoms with van der Waals surface area (Å²) in [4.78, 5) is 33.1. The van der Waals surface area contributed by atoms with E-state index in [-0.39, 0.29) is 23.3 Å². The molecular weight excluding hydrogens is 360 g/mol. The van der Waals surface area contributed by atoms with Crippen molar-refractivity contribution in [1.29, 1.82) is 0 Å². The van der Waals surface area contributed by atoms with Gasteiger partial charge >= 0.3 is 6.01 Å². The third-order valence-corrected chi connectivity index (χ3v) is 4.12. The molecule has 0 bridgehead atoms. The van der Waals surface area contributed by atoms with Gasteiger partial charge in [-0.3, -0.25) is 14.9 Å². The number of hydrogen-bond acceptors (Lipinski definition) is 6. The Morgan fingerprint density at radius 2 is 1.82 bits per heavy atom. The van der Waals surface area contributed by atoms with Crippen molar-refractivity contribution in [3.05, 3.63) is 88.2 Å². The molecule has 1 heterocycles. The van der Waals surface area contributed by atoms with Crippen molar-refractivity contribution in [3.8, 4) is 6.01 Å². The monoisotopic (exact) mass is 378 g/mol. The van der Waals surface area contributed by atoms with Gasteiger partial charge < -0.3 is 9.64 Å². The van der Waals surface area contributed by atoms with Gasteiger partial charge in [-0.25, -0.2) is 4.98 Å². The van der Waals surface area contributed by atoms with Crippen molar-refractivity contribution >= 4 is 17.3 Å². The second-order valence-corrected chi connectivity index (χ2v) is 5.89. The number of ether oxygens (including phenoxy) is 1. The van der Waals surface area contributed by atoms with Crippen molar-refractivity contribution in [3.63, 3.8) is 0 Å². The van der Waals surface area contributed by atoms with Crippen molar-refractivity contribution in [2.45, 2.75) is 6.42 Å². The van der Waals surface area contributed by atoms with Crippen LogP contribution in [0, 0.1) is 10.1 Å². The zero-order valence-electron chi connectivity index (χ0n) is 15.2. The molecule has 8 nitrogen and oxygen atoms in total. The first kappa shape index (κ1) is 19.0. The molecule has 0 saturated carbocycles. The molecule has 8 heteroatoms. The lowest BCUT2D eigenvalue weighted by molar-refractivity contribution is -0.384. The number of aromatic nitrogens is 2. The summed E-state index contributed by atoms with van der Waals surface area (Å²) >= 11 is 0. The Morgan fingerprint density at radius 3 is 2.46 bits per heavy atom. The molecule has 0 saturated heterocycles. The van der Waals surface area contributed by atoms with Gasteiger partial charge in [0.2, 0.25) is 0 Å². The van der Waals surface area contributed by atoms with E-state index < -0.39 is 4.92 Å². The molecule has 28 heavy (non-hydrogen) atoms. The van der Waals surface area contributed by atoms with Gasteiger partial charge in [0.15, 0.2) is 0 Å². The topological polar surface area (TPSA) is 98.5 Å². The highest BCUT2D eigenvalue weighted by atomic mass is 16.6. The minimum atomic E-state index is -0.477. The third-order valence-electron chi connectivity index (χ3n) is 4.12. The summed E-state index contributed by atoms with van der Waals surface area (Å²) in [5, 5.41) is 10.9. The van der Waals surface area contributed by atoms with Crippen molar-refractivity contribution in [2.24, 2.45) is 0 Å². The maximum atomic E-state index is 13.1. The molecule has 0 spiro atoms. The predicted molar refractivity (Wildman–Crippen MR) is 104 cm³/mol. The highest BCUT2D eigenvalue weighted by molar-refractivity contribution is 6.04. The fourth-order valence-electron chi connectivity index (χ4n) is 2.68. The molecular formula is C20H18N4O4. The van der Waals surface area contributed by atoms with E-state index in [2.05, 4.69) is 9.97 Å². The maximum Gasteiger partial charge on any atom is 0.316 e. The number of benzene rings is 2. The average molecular weight is 378 g/mol. The molecule has 3 aromatic rings. The quantitative estimate of drug-likeness (QED) is 0.462. The van der Waals surface area contributed by atoms with Crippen molar-refractivity contribution in [2.75, 3.05) is 18.6 Å². The molecule has 0 atom stereocenters. The lowest BCUT2D eigenvalue weighted by atomic mass is 10.1. The van der Waals surface area contributed by atoms with Gasteiger partial charge in [0.25, 0.3) is 11.6 Å². The van der Waals surface area contributed by atoms with Crippen LogP contribution in [0.4, 0.5) is 11.4 Å². The van der Waals surface area contributed by atoms with Gasteiger partial charge in [-0.1, -0.05) is 30.3 Å². The van der Waals surface area contributed by atoms with Crippen LogP contribution in [0.15, 0.2) is 66.9 Å². The van der Waals surface area contributed by atoms with Crippen molar-refractivity contribution < 1.29 is 14.5 Å². The van der Waals surface area contributed by atoms with E-state index >= 15 is 0 Å². The average Bonchev–Trinajstić information content (AvgIpc) is 2.75. The Hall–Kier alpha value is -3.81. The van der Waals surface area contributed by atoms with Crippen LogP contribution in [0.2, 0.25) is 0 Å².